The summed E-state index contributed by atoms with van der Waals surface area (Å²) in [6.07, 6.45) is 0. The zero-order chi connectivity index (χ0) is 22.1. The van der Waals surface area contributed by atoms with Gasteiger partial charge in [-0.1, -0.05) is 36.4 Å². The van der Waals surface area contributed by atoms with Crippen LogP contribution in [-0.4, -0.2) is 15.5 Å². The lowest BCUT2D eigenvalue weighted by Gasteiger charge is -2.19. The van der Waals surface area contributed by atoms with Crippen molar-refractivity contribution in [3.8, 4) is 17.5 Å². The summed E-state index contributed by atoms with van der Waals surface area (Å²) >= 11 is 1.48. The fourth-order valence-corrected chi connectivity index (χ4v) is 4.51. The molecule has 1 N–H and O–H groups in total. The molecule has 6 nitrogen and oxygen atoms in total. The van der Waals surface area contributed by atoms with Gasteiger partial charge in [0.2, 0.25) is 5.91 Å². The van der Waals surface area contributed by atoms with Crippen LogP contribution in [0.25, 0.3) is 21.6 Å². The van der Waals surface area contributed by atoms with Crippen molar-refractivity contribution in [1.29, 1.82) is 5.26 Å². The van der Waals surface area contributed by atoms with E-state index in [-0.39, 0.29) is 11.5 Å². The van der Waals surface area contributed by atoms with Crippen LogP contribution in [0, 0.1) is 25.2 Å². The van der Waals surface area contributed by atoms with E-state index in [1.54, 1.807) is 31.2 Å². The fourth-order valence-electron chi connectivity index (χ4n) is 3.49. The molecule has 1 amide bonds. The van der Waals surface area contributed by atoms with Crippen molar-refractivity contribution in [1.82, 2.24) is 9.55 Å². The third kappa shape index (κ3) is 3.74. The molecule has 0 aliphatic rings. The molecule has 31 heavy (non-hydrogen) atoms. The number of carbonyl (C=O) groups is 1. The molecular formula is C24H20N4O2S. The number of thiophene rings is 1. The van der Waals surface area contributed by atoms with E-state index in [0.29, 0.717) is 27.3 Å². The van der Waals surface area contributed by atoms with Gasteiger partial charge in [0.15, 0.2) is 0 Å². The maximum atomic E-state index is 13.6. The highest BCUT2D eigenvalue weighted by atomic mass is 32.1. The fraction of sp³-hybridized carbons (Fsp3) is 0.167. The molecule has 0 aliphatic heterocycles. The molecule has 0 saturated carbocycles. The third-order valence-electron chi connectivity index (χ3n) is 5.29. The number of fused-ring (bicyclic) bond motifs is 1. The van der Waals surface area contributed by atoms with Crippen LogP contribution in [0.15, 0.2) is 59.4 Å². The first-order valence-electron chi connectivity index (χ1n) is 9.79. The minimum atomic E-state index is -0.815. The second-order valence-corrected chi connectivity index (χ2v) is 8.50. The summed E-state index contributed by atoms with van der Waals surface area (Å²) in [5, 5.41) is 12.5. The Balaban J connectivity index is 1.85. The van der Waals surface area contributed by atoms with Crippen molar-refractivity contribution in [2.75, 3.05) is 5.32 Å². The lowest BCUT2D eigenvalue weighted by atomic mass is 10.1. The Hall–Kier alpha value is -3.76. The van der Waals surface area contributed by atoms with Gasteiger partial charge in [0.05, 0.1) is 17.0 Å². The van der Waals surface area contributed by atoms with Gasteiger partial charge in [0, 0.05) is 16.1 Å². The minimum absolute atomic E-state index is 0.237. The van der Waals surface area contributed by atoms with Crippen molar-refractivity contribution >= 4 is 33.1 Å². The standard InChI is InChI=1S/C24H20N4O2S/c1-14-16(3)31-23-20(14)24(30)28(21(27-23)18-9-5-4-6-10-18)15(2)22(29)26-19-11-7-8-17(12-19)13-25/h4-12,15H,1-3H3,(H,26,29). The number of aryl methyl sites for hydroxylation is 2. The first kappa shape index (κ1) is 20.5. The van der Waals surface area contributed by atoms with E-state index >= 15 is 0 Å². The van der Waals surface area contributed by atoms with Crippen LogP contribution in [0.5, 0.6) is 0 Å². The zero-order valence-electron chi connectivity index (χ0n) is 17.3. The van der Waals surface area contributed by atoms with Crippen LogP contribution in [0.3, 0.4) is 0 Å². The molecule has 2 aromatic heterocycles. The highest BCUT2D eigenvalue weighted by molar-refractivity contribution is 7.18. The normalized spacial score (nSPS) is 11.8. The molecule has 2 aromatic carbocycles. The molecule has 2 heterocycles. The number of aromatic nitrogens is 2. The number of nitrogens with zero attached hydrogens (tertiary/aromatic N) is 3. The van der Waals surface area contributed by atoms with E-state index in [2.05, 4.69) is 11.4 Å². The molecule has 0 aliphatic carbocycles. The van der Waals surface area contributed by atoms with Crippen molar-refractivity contribution < 1.29 is 4.79 Å². The Kier molecular flexibility index (Phi) is 5.40. The second kappa shape index (κ2) is 8.17. The van der Waals surface area contributed by atoms with Crippen LogP contribution < -0.4 is 10.9 Å². The molecule has 0 radical (unpaired) electrons. The molecule has 0 bridgehead atoms. The van der Waals surface area contributed by atoms with Crippen LogP contribution in [0.1, 0.15) is 29.0 Å². The Morgan fingerprint density at radius 2 is 1.90 bits per heavy atom. The second-order valence-electron chi connectivity index (χ2n) is 7.30. The maximum Gasteiger partial charge on any atom is 0.263 e. The van der Waals surface area contributed by atoms with Crippen LogP contribution >= 0.6 is 11.3 Å². The lowest BCUT2D eigenvalue weighted by molar-refractivity contribution is -0.118. The largest absolute Gasteiger partial charge is 0.324 e. The first-order chi connectivity index (χ1) is 14.9. The van der Waals surface area contributed by atoms with Crippen molar-refractivity contribution in [3.05, 3.63) is 81.0 Å². The summed E-state index contributed by atoms with van der Waals surface area (Å²) in [5.41, 5.74) is 2.36. The number of hydrogen-bond donors (Lipinski definition) is 1. The quantitative estimate of drug-likeness (QED) is 0.505. The maximum absolute atomic E-state index is 13.6. The van der Waals surface area contributed by atoms with Crippen molar-refractivity contribution in [3.63, 3.8) is 0 Å². The van der Waals surface area contributed by atoms with Gasteiger partial charge in [0.25, 0.3) is 5.56 Å². The van der Waals surface area contributed by atoms with E-state index < -0.39 is 6.04 Å². The summed E-state index contributed by atoms with van der Waals surface area (Å²) in [6, 6.07) is 17.3. The Morgan fingerprint density at radius 1 is 1.16 bits per heavy atom. The average molecular weight is 429 g/mol. The molecular weight excluding hydrogens is 408 g/mol. The van der Waals surface area contributed by atoms with E-state index in [1.165, 1.54) is 15.9 Å². The average Bonchev–Trinajstić information content (AvgIpc) is 3.07. The molecule has 154 valence electrons. The molecule has 0 fully saturated rings. The molecule has 7 heteroatoms. The summed E-state index contributed by atoms with van der Waals surface area (Å²) in [5.74, 6) is 0.0906. The van der Waals surface area contributed by atoms with Crippen LogP contribution in [0.4, 0.5) is 5.69 Å². The molecule has 4 aromatic rings. The van der Waals surface area contributed by atoms with Crippen LogP contribution in [-0.2, 0) is 4.79 Å². The molecule has 1 unspecified atom stereocenters. The van der Waals surface area contributed by atoms with Gasteiger partial charge in [-0.3, -0.25) is 14.2 Å². The summed E-state index contributed by atoms with van der Waals surface area (Å²) < 4.78 is 1.46. The Bertz CT molecular complexity index is 1400. The molecule has 4 rings (SSSR count). The van der Waals surface area contributed by atoms with Crippen molar-refractivity contribution in [2.24, 2.45) is 0 Å². The monoisotopic (exact) mass is 428 g/mol. The number of carbonyl (C=O) groups excluding carboxylic acids is 1. The first-order valence-corrected chi connectivity index (χ1v) is 10.6. The highest BCUT2D eigenvalue weighted by Crippen LogP contribution is 2.30. The Labute approximate surface area is 183 Å². The third-order valence-corrected chi connectivity index (χ3v) is 6.39. The summed E-state index contributed by atoms with van der Waals surface area (Å²) in [7, 11) is 0. The number of anilines is 1. The van der Waals surface area contributed by atoms with Gasteiger partial charge in [-0.05, 0) is 44.5 Å². The lowest BCUT2D eigenvalue weighted by Crippen LogP contribution is -2.33. The van der Waals surface area contributed by atoms with E-state index in [9.17, 15) is 9.59 Å². The summed E-state index contributed by atoms with van der Waals surface area (Å²) in [4.78, 5) is 33.1. The van der Waals surface area contributed by atoms with Gasteiger partial charge in [-0.25, -0.2) is 4.98 Å². The SMILES string of the molecule is Cc1sc2nc(-c3ccccc3)n(C(C)C(=O)Nc3cccc(C#N)c3)c(=O)c2c1C. The van der Waals surface area contributed by atoms with E-state index in [1.807, 2.05) is 44.2 Å². The van der Waals surface area contributed by atoms with Gasteiger partial charge in [-0.2, -0.15) is 5.26 Å². The summed E-state index contributed by atoms with van der Waals surface area (Å²) in [6.45, 7) is 5.55. The zero-order valence-corrected chi connectivity index (χ0v) is 18.2. The molecule has 0 spiro atoms. The van der Waals surface area contributed by atoms with E-state index in [4.69, 9.17) is 10.2 Å². The number of hydrogen-bond acceptors (Lipinski definition) is 5. The molecule has 0 saturated heterocycles. The number of amides is 1. The van der Waals surface area contributed by atoms with Gasteiger partial charge < -0.3 is 5.32 Å². The topological polar surface area (TPSA) is 87.8 Å². The van der Waals surface area contributed by atoms with Gasteiger partial charge >= 0.3 is 0 Å². The number of nitrogens with one attached hydrogen (secondary N) is 1. The van der Waals surface area contributed by atoms with Gasteiger partial charge in [-0.15, -0.1) is 11.3 Å². The van der Waals surface area contributed by atoms with E-state index in [0.717, 1.165) is 16.0 Å². The predicted octanol–water partition coefficient (Wildman–Crippen LogP) is 4.81. The number of nitriles is 1. The number of rotatable bonds is 4. The minimum Gasteiger partial charge on any atom is -0.324 e. The Morgan fingerprint density at radius 3 is 2.61 bits per heavy atom. The smallest absolute Gasteiger partial charge is 0.263 e. The predicted molar refractivity (Wildman–Crippen MR) is 123 cm³/mol. The number of benzene rings is 2. The van der Waals surface area contributed by atoms with Crippen molar-refractivity contribution in [2.45, 2.75) is 26.8 Å². The van der Waals surface area contributed by atoms with Crippen LogP contribution in [0.2, 0.25) is 0 Å². The van der Waals surface area contributed by atoms with Gasteiger partial charge in [0.1, 0.15) is 16.7 Å². The molecule has 1 atom stereocenters. The highest BCUT2D eigenvalue weighted by Gasteiger charge is 2.24.